The molecule has 0 unspecified atom stereocenters. The van der Waals surface area contributed by atoms with E-state index in [1.54, 1.807) is 0 Å². The first kappa shape index (κ1) is 24.4. The van der Waals surface area contributed by atoms with Crippen LogP contribution >= 0.6 is 0 Å². The predicted molar refractivity (Wildman–Crippen MR) is 125 cm³/mol. The van der Waals surface area contributed by atoms with Gasteiger partial charge in [-0.15, -0.1) is 12.3 Å². The van der Waals surface area contributed by atoms with E-state index in [-0.39, 0.29) is 18.2 Å². The maximum Gasteiger partial charge on any atom is 0.312 e. The Kier molecular flexibility index (Phi) is 9.03. The number of esters is 1. The summed E-state index contributed by atoms with van der Waals surface area (Å²) in [6.45, 7) is 11.4. The molecule has 0 saturated carbocycles. The Labute approximate surface area is 186 Å². The summed E-state index contributed by atoms with van der Waals surface area (Å²) in [6.07, 6.45) is 6.25. The van der Waals surface area contributed by atoms with Gasteiger partial charge in [0.15, 0.2) is 5.78 Å². The molecule has 0 aliphatic heterocycles. The largest absolute Gasteiger partial charge is 0.427 e. The van der Waals surface area contributed by atoms with Crippen LogP contribution in [0.4, 0.5) is 0 Å². The number of terminal acetylenes is 1. The van der Waals surface area contributed by atoms with Gasteiger partial charge in [-0.2, -0.15) is 0 Å². The van der Waals surface area contributed by atoms with Gasteiger partial charge in [0.05, 0.1) is 19.5 Å². The number of hydrogen-bond acceptors (Lipinski definition) is 3. The van der Waals surface area contributed by atoms with Crippen molar-refractivity contribution >= 4 is 11.8 Å². The normalized spacial score (nSPS) is 11.1. The molecule has 0 saturated heterocycles. The van der Waals surface area contributed by atoms with Crippen LogP contribution < -0.4 is 4.74 Å². The third-order valence-corrected chi connectivity index (χ3v) is 6.02. The molecule has 4 heteroatoms. The molecular weight excluding hydrogens is 386 g/mol. The molecule has 0 heterocycles. The number of Topliss-reactive ketones (excluding diaryl/α,β-unsaturated/α-hetero) is 1. The number of hydrogen-bond donors (Lipinski definition) is 0. The van der Waals surface area contributed by atoms with Crippen LogP contribution in [-0.2, 0) is 22.6 Å². The van der Waals surface area contributed by atoms with Crippen LogP contribution in [-0.4, -0.2) is 35.9 Å². The van der Waals surface area contributed by atoms with Crippen LogP contribution in [0.5, 0.6) is 5.75 Å². The Morgan fingerprint density at radius 3 is 2.16 bits per heavy atom. The first-order valence-electron chi connectivity index (χ1n) is 11.0. The van der Waals surface area contributed by atoms with Crippen LogP contribution in [0, 0.1) is 26.2 Å². The lowest BCUT2D eigenvalue weighted by Gasteiger charge is -2.36. The molecule has 0 aliphatic rings. The zero-order chi connectivity index (χ0) is 22.9. The number of ether oxygens (including phenoxy) is 1. The molecule has 2 rings (SSSR count). The van der Waals surface area contributed by atoms with Crippen molar-refractivity contribution in [2.24, 2.45) is 0 Å². The molecular formula is C27H34NO3+. The van der Waals surface area contributed by atoms with Gasteiger partial charge in [-0.25, -0.2) is 0 Å². The molecule has 0 spiro atoms. The summed E-state index contributed by atoms with van der Waals surface area (Å²) in [5.74, 6) is 2.90. The second-order valence-electron chi connectivity index (χ2n) is 8.20. The van der Waals surface area contributed by atoms with E-state index in [2.05, 4.69) is 45.7 Å². The maximum atomic E-state index is 13.0. The molecule has 164 valence electrons. The van der Waals surface area contributed by atoms with Crippen LogP contribution in [0.1, 0.15) is 48.9 Å². The number of carbonyl (C=O) groups excluding carboxylic acids is 2. The molecule has 0 fully saturated rings. The smallest absolute Gasteiger partial charge is 0.312 e. The van der Waals surface area contributed by atoms with Gasteiger partial charge in [0.1, 0.15) is 18.8 Å². The Hall–Kier alpha value is -2.90. The van der Waals surface area contributed by atoms with Crippen molar-refractivity contribution in [3.63, 3.8) is 0 Å². The molecule has 31 heavy (non-hydrogen) atoms. The van der Waals surface area contributed by atoms with Gasteiger partial charge in [0.25, 0.3) is 0 Å². The molecule has 0 aromatic heterocycles. The van der Waals surface area contributed by atoms with Crippen LogP contribution in [0.25, 0.3) is 0 Å². The molecule has 0 amide bonds. The first-order chi connectivity index (χ1) is 14.8. The van der Waals surface area contributed by atoms with E-state index in [1.807, 2.05) is 30.3 Å². The molecule has 2 aromatic carbocycles. The first-order valence-corrected chi connectivity index (χ1v) is 11.0. The van der Waals surface area contributed by atoms with Gasteiger partial charge >= 0.3 is 5.97 Å². The minimum absolute atomic E-state index is 0.215. The van der Waals surface area contributed by atoms with E-state index in [0.717, 1.165) is 30.8 Å². The molecule has 0 N–H and O–H groups in total. The standard InChI is InChI=1S/C27H34NO3/c1-6-9-13-27(30)31-25-16-14-23(15-17-25)19-28(7-2,8-3)20-24(29)18-26-21(4)11-10-12-22(26)5/h1,10-12,14-17H,7-9,13,18-20H2,2-5H3/q+1. The second-order valence-corrected chi connectivity index (χ2v) is 8.20. The van der Waals surface area contributed by atoms with Gasteiger partial charge in [0.2, 0.25) is 0 Å². The zero-order valence-corrected chi connectivity index (χ0v) is 19.2. The summed E-state index contributed by atoms with van der Waals surface area (Å²) in [5.41, 5.74) is 4.61. The zero-order valence-electron chi connectivity index (χ0n) is 19.2. The lowest BCUT2D eigenvalue weighted by molar-refractivity contribution is -0.930. The van der Waals surface area contributed by atoms with Crippen molar-refractivity contribution in [1.29, 1.82) is 0 Å². The lowest BCUT2D eigenvalue weighted by atomic mass is 9.97. The van der Waals surface area contributed by atoms with E-state index in [0.29, 0.717) is 29.6 Å². The van der Waals surface area contributed by atoms with E-state index < -0.39 is 0 Å². The van der Waals surface area contributed by atoms with E-state index in [1.165, 1.54) is 11.1 Å². The Balaban J connectivity index is 2.06. The Morgan fingerprint density at radius 1 is 1.00 bits per heavy atom. The average molecular weight is 421 g/mol. The van der Waals surface area contributed by atoms with Crippen molar-refractivity contribution in [2.45, 2.75) is 53.5 Å². The molecule has 0 bridgehead atoms. The summed E-state index contributed by atoms with van der Waals surface area (Å²) in [6, 6.07) is 13.7. The summed E-state index contributed by atoms with van der Waals surface area (Å²) < 4.78 is 6.01. The van der Waals surface area contributed by atoms with Crippen LogP contribution in [0.15, 0.2) is 42.5 Å². The predicted octanol–water partition coefficient (Wildman–Crippen LogP) is 4.79. The highest BCUT2D eigenvalue weighted by Crippen LogP contribution is 2.20. The number of benzene rings is 2. The lowest BCUT2D eigenvalue weighted by Crippen LogP contribution is -2.50. The minimum Gasteiger partial charge on any atom is -0.427 e. The van der Waals surface area contributed by atoms with Crippen molar-refractivity contribution in [3.8, 4) is 18.1 Å². The van der Waals surface area contributed by atoms with E-state index in [4.69, 9.17) is 11.2 Å². The van der Waals surface area contributed by atoms with Gasteiger partial charge in [0, 0.05) is 18.4 Å². The highest BCUT2D eigenvalue weighted by atomic mass is 16.5. The van der Waals surface area contributed by atoms with Crippen molar-refractivity contribution in [3.05, 3.63) is 64.7 Å². The SMILES string of the molecule is C#CCCC(=O)Oc1ccc(C[N+](CC)(CC)CC(=O)Cc2c(C)cccc2C)cc1. The van der Waals surface area contributed by atoms with E-state index >= 15 is 0 Å². The van der Waals surface area contributed by atoms with Crippen molar-refractivity contribution in [2.75, 3.05) is 19.6 Å². The molecule has 2 aromatic rings. The number of likely N-dealkylation sites (N-methyl/N-ethyl adjacent to an activating group) is 1. The fourth-order valence-corrected chi connectivity index (χ4v) is 3.89. The number of nitrogens with zero attached hydrogens (tertiary/aromatic N) is 1. The van der Waals surface area contributed by atoms with E-state index in [9.17, 15) is 9.59 Å². The number of aryl methyl sites for hydroxylation is 2. The average Bonchev–Trinajstić information content (AvgIpc) is 2.75. The third-order valence-electron chi connectivity index (χ3n) is 6.02. The van der Waals surface area contributed by atoms with Crippen LogP contribution in [0.2, 0.25) is 0 Å². The fraction of sp³-hybridized carbons (Fsp3) is 0.407. The van der Waals surface area contributed by atoms with Crippen LogP contribution in [0.3, 0.4) is 0 Å². The quantitative estimate of drug-likeness (QED) is 0.227. The Morgan fingerprint density at radius 2 is 1.61 bits per heavy atom. The topological polar surface area (TPSA) is 43.4 Å². The summed E-state index contributed by atoms with van der Waals surface area (Å²) in [7, 11) is 0. The third kappa shape index (κ3) is 7.08. The van der Waals surface area contributed by atoms with Crippen molar-refractivity contribution < 1.29 is 18.8 Å². The van der Waals surface area contributed by atoms with Gasteiger partial charge in [-0.3, -0.25) is 9.59 Å². The molecule has 0 atom stereocenters. The maximum absolute atomic E-state index is 13.0. The summed E-state index contributed by atoms with van der Waals surface area (Å²) in [5, 5.41) is 0. The van der Waals surface area contributed by atoms with Crippen molar-refractivity contribution in [1.82, 2.24) is 0 Å². The number of carbonyl (C=O) groups is 2. The second kappa shape index (κ2) is 11.5. The van der Waals surface area contributed by atoms with Gasteiger partial charge in [-0.1, -0.05) is 18.2 Å². The molecule has 0 radical (unpaired) electrons. The highest BCUT2D eigenvalue weighted by Gasteiger charge is 2.27. The number of quaternary nitrogens is 1. The highest BCUT2D eigenvalue weighted by molar-refractivity contribution is 5.82. The minimum atomic E-state index is -0.324. The van der Waals surface area contributed by atoms with Gasteiger partial charge < -0.3 is 9.22 Å². The summed E-state index contributed by atoms with van der Waals surface area (Å²) >= 11 is 0. The number of rotatable bonds is 11. The molecule has 4 nitrogen and oxygen atoms in total. The van der Waals surface area contributed by atoms with Gasteiger partial charge in [-0.05, 0) is 68.7 Å². The fourth-order valence-electron chi connectivity index (χ4n) is 3.89. The number of ketones is 1. The molecule has 0 aliphatic carbocycles. The monoisotopic (exact) mass is 420 g/mol. The Bertz CT molecular complexity index is 914. The summed E-state index contributed by atoms with van der Waals surface area (Å²) in [4.78, 5) is 24.8.